The van der Waals surface area contributed by atoms with E-state index in [4.69, 9.17) is 5.73 Å². The van der Waals surface area contributed by atoms with Crippen LogP contribution in [0.25, 0.3) is 0 Å². The van der Waals surface area contributed by atoms with Crippen LogP contribution in [0, 0.1) is 0 Å². The van der Waals surface area contributed by atoms with Gasteiger partial charge in [-0.15, -0.1) is 0 Å². The zero-order valence-electron chi connectivity index (χ0n) is 6.39. The van der Waals surface area contributed by atoms with Crippen LogP contribution in [0.15, 0.2) is 12.2 Å². The maximum Gasteiger partial charge on any atom is 0.351 e. The fourth-order valence-electron chi connectivity index (χ4n) is 0.101. The predicted molar refractivity (Wildman–Crippen MR) is 39.8 cm³/mol. The molecule has 0 aliphatic heterocycles. The van der Waals surface area contributed by atoms with E-state index in [2.05, 4.69) is 17.3 Å². The molecule has 0 aliphatic carbocycles. The summed E-state index contributed by atoms with van der Waals surface area (Å²) in [6, 6.07) is 0. The molecule has 0 heterocycles. The largest absolute Gasteiger partial charge is 0.370 e. The molecule has 0 amide bonds. The average molecular weight is 146 g/mol. The van der Waals surface area contributed by atoms with Gasteiger partial charge >= 0.3 is 5.97 Å². The molecule has 0 rings (SSSR count). The second-order valence-electron chi connectivity index (χ2n) is 1.59. The molecule has 0 aromatic heterocycles. The lowest BCUT2D eigenvalue weighted by molar-refractivity contribution is -0.139. The van der Waals surface area contributed by atoms with Gasteiger partial charge in [0.1, 0.15) is 0 Å². The van der Waals surface area contributed by atoms with Gasteiger partial charge in [0, 0.05) is 5.57 Å². The Labute approximate surface area is 60.8 Å². The first-order valence-electron chi connectivity index (χ1n) is 2.86. The molecule has 0 radical (unpaired) electrons. The molecule has 0 saturated heterocycles. The lowest BCUT2D eigenvalue weighted by atomic mass is 10.4. The van der Waals surface area contributed by atoms with Crippen LogP contribution in [-0.4, -0.2) is 12.5 Å². The summed E-state index contributed by atoms with van der Waals surface area (Å²) in [6.07, 6.45) is 0. The van der Waals surface area contributed by atoms with E-state index in [1.54, 1.807) is 0 Å². The van der Waals surface area contributed by atoms with Gasteiger partial charge in [0.25, 0.3) is 0 Å². The number of carbonyl (C=O) groups is 1. The van der Waals surface area contributed by atoms with E-state index in [0.717, 1.165) is 6.54 Å². The van der Waals surface area contributed by atoms with E-state index in [-0.39, 0.29) is 0 Å². The monoisotopic (exact) mass is 146 g/mol. The minimum Gasteiger partial charge on any atom is -0.370 e. The van der Waals surface area contributed by atoms with E-state index in [1.807, 2.05) is 6.92 Å². The Morgan fingerprint density at radius 2 is 2.00 bits per heavy atom. The molecule has 0 aromatic carbocycles. The highest BCUT2D eigenvalue weighted by atomic mass is 16.7. The molecule has 0 aliphatic rings. The molecule has 0 unspecified atom stereocenters. The van der Waals surface area contributed by atoms with Gasteiger partial charge in [-0.1, -0.05) is 13.5 Å². The van der Waals surface area contributed by atoms with Crippen molar-refractivity contribution >= 4 is 5.97 Å². The van der Waals surface area contributed by atoms with Crippen LogP contribution in [0.1, 0.15) is 13.8 Å². The molecule has 4 N–H and O–H groups in total. The second-order valence-corrected chi connectivity index (χ2v) is 1.59. The summed E-state index contributed by atoms with van der Waals surface area (Å²) >= 11 is 0. The van der Waals surface area contributed by atoms with Crippen molar-refractivity contribution in [3.8, 4) is 0 Å². The number of rotatable bonds is 1. The van der Waals surface area contributed by atoms with Crippen LogP contribution in [-0.2, 0) is 9.63 Å². The van der Waals surface area contributed by atoms with E-state index in [1.165, 1.54) is 6.92 Å². The standard InChI is InChI=1S/C4H7NO2.C2H7N/c1-3(2)4(6)7-5;1-2-3/h1,5H2,2H3;2-3H2,1H3. The normalized spacial score (nSPS) is 7.20. The van der Waals surface area contributed by atoms with E-state index in [0.29, 0.717) is 5.57 Å². The summed E-state index contributed by atoms with van der Waals surface area (Å²) in [4.78, 5) is 13.8. The highest BCUT2D eigenvalue weighted by molar-refractivity contribution is 5.86. The molecule has 0 atom stereocenters. The van der Waals surface area contributed by atoms with Crippen molar-refractivity contribution in [1.29, 1.82) is 0 Å². The molecule has 0 saturated carbocycles. The van der Waals surface area contributed by atoms with Crippen molar-refractivity contribution in [2.45, 2.75) is 13.8 Å². The number of nitrogens with two attached hydrogens (primary N) is 2. The first-order valence-corrected chi connectivity index (χ1v) is 2.86. The molecule has 4 heteroatoms. The maximum atomic E-state index is 10.1. The first kappa shape index (κ1) is 11.9. The van der Waals surface area contributed by atoms with Crippen LogP contribution in [0.5, 0.6) is 0 Å². The quantitative estimate of drug-likeness (QED) is 0.401. The summed E-state index contributed by atoms with van der Waals surface area (Å²) in [5.74, 6) is 3.89. The third-order valence-electron chi connectivity index (χ3n) is 0.455. The van der Waals surface area contributed by atoms with Gasteiger partial charge < -0.3 is 10.6 Å². The molecule has 60 valence electrons. The summed E-state index contributed by atoms with van der Waals surface area (Å²) in [6.45, 7) is 7.45. The SMILES string of the molecule is C=C(C)C(=O)ON.CCN. The molecule has 0 aromatic rings. The molecular weight excluding hydrogens is 132 g/mol. The number of hydrogen-bond donors (Lipinski definition) is 2. The summed E-state index contributed by atoms with van der Waals surface area (Å²) in [5, 5.41) is 0. The molecule has 0 spiro atoms. The minimum absolute atomic E-state index is 0.308. The first-order chi connectivity index (χ1) is 4.59. The Bertz CT molecular complexity index is 112. The van der Waals surface area contributed by atoms with E-state index in [9.17, 15) is 4.79 Å². The third kappa shape index (κ3) is 10.2. The molecule has 0 fully saturated rings. The topological polar surface area (TPSA) is 78.3 Å². The fourth-order valence-corrected chi connectivity index (χ4v) is 0.101. The van der Waals surface area contributed by atoms with Crippen molar-refractivity contribution in [1.82, 2.24) is 0 Å². The van der Waals surface area contributed by atoms with Crippen LogP contribution in [0.4, 0.5) is 0 Å². The van der Waals surface area contributed by atoms with Gasteiger partial charge in [0.15, 0.2) is 0 Å². The van der Waals surface area contributed by atoms with Gasteiger partial charge in [-0.25, -0.2) is 4.79 Å². The predicted octanol–water partition coefficient (Wildman–Crippen LogP) is -0.0556. The van der Waals surface area contributed by atoms with Gasteiger partial charge in [-0.2, -0.15) is 5.90 Å². The van der Waals surface area contributed by atoms with Crippen molar-refractivity contribution < 1.29 is 9.63 Å². The number of hydrogen-bond acceptors (Lipinski definition) is 4. The lowest BCUT2D eigenvalue weighted by Gasteiger charge is -1.90. The fraction of sp³-hybridized carbons (Fsp3) is 0.500. The third-order valence-corrected chi connectivity index (χ3v) is 0.455. The summed E-state index contributed by atoms with van der Waals surface area (Å²) < 4.78 is 0. The van der Waals surface area contributed by atoms with Gasteiger partial charge in [-0.3, -0.25) is 0 Å². The van der Waals surface area contributed by atoms with Gasteiger partial charge in [0.2, 0.25) is 0 Å². The minimum atomic E-state index is -0.569. The maximum absolute atomic E-state index is 10.1. The van der Waals surface area contributed by atoms with Gasteiger partial charge in [0.05, 0.1) is 0 Å². The Morgan fingerprint density at radius 1 is 1.70 bits per heavy atom. The molecule has 0 bridgehead atoms. The van der Waals surface area contributed by atoms with Gasteiger partial charge in [-0.05, 0) is 13.5 Å². The van der Waals surface area contributed by atoms with E-state index < -0.39 is 5.97 Å². The zero-order valence-corrected chi connectivity index (χ0v) is 6.39. The lowest BCUT2D eigenvalue weighted by Crippen LogP contribution is -2.09. The summed E-state index contributed by atoms with van der Waals surface area (Å²) in [7, 11) is 0. The Balaban J connectivity index is 0. The van der Waals surface area contributed by atoms with Crippen LogP contribution >= 0.6 is 0 Å². The van der Waals surface area contributed by atoms with Crippen LogP contribution in [0.2, 0.25) is 0 Å². The van der Waals surface area contributed by atoms with Crippen molar-refractivity contribution in [3.63, 3.8) is 0 Å². The van der Waals surface area contributed by atoms with Crippen molar-refractivity contribution in [2.24, 2.45) is 11.6 Å². The molecule has 10 heavy (non-hydrogen) atoms. The smallest absolute Gasteiger partial charge is 0.351 e. The second kappa shape index (κ2) is 8.13. The summed E-state index contributed by atoms with van der Waals surface area (Å²) in [5.41, 5.74) is 5.16. The Hall–Kier alpha value is -0.870. The average Bonchev–Trinajstić information content (AvgIpc) is 1.88. The Morgan fingerprint density at radius 3 is 2.00 bits per heavy atom. The molecular formula is C6H14N2O2. The van der Waals surface area contributed by atoms with Crippen LogP contribution < -0.4 is 11.6 Å². The van der Waals surface area contributed by atoms with Crippen LogP contribution in [0.3, 0.4) is 0 Å². The van der Waals surface area contributed by atoms with Crippen molar-refractivity contribution in [3.05, 3.63) is 12.2 Å². The highest BCUT2D eigenvalue weighted by Crippen LogP contribution is 1.85. The van der Waals surface area contributed by atoms with Crippen molar-refractivity contribution in [2.75, 3.05) is 6.54 Å². The molecule has 4 nitrogen and oxygen atoms in total. The number of carbonyl (C=O) groups excluding carboxylic acids is 1. The highest BCUT2D eigenvalue weighted by Gasteiger charge is 1.96. The van der Waals surface area contributed by atoms with E-state index >= 15 is 0 Å². The Kier molecular flexibility index (Phi) is 9.65. The zero-order chi connectivity index (χ0) is 8.57.